The van der Waals surface area contributed by atoms with Gasteiger partial charge in [0.15, 0.2) is 0 Å². The topological polar surface area (TPSA) is 84.6 Å². The average molecular weight is 426 g/mol. The van der Waals surface area contributed by atoms with Gasteiger partial charge in [0.05, 0.1) is 16.0 Å². The summed E-state index contributed by atoms with van der Waals surface area (Å²) in [6.45, 7) is 1.98. The summed E-state index contributed by atoms with van der Waals surface area (Å²) in [6, 6.07) is 18.9. The average Bonchev–Trinajstić information content (AvgIpc) is 2.71. The van der Waals surface area contributed by atoms with Crippen molar-refractivity contribution in [3.63, 3.8) is 0 Å². The number of hydrogen-bond acceptors (Lipinski definition) is 5. The Hall–Kier alpha value is -3.16. The molecule has 0 saturated heterocycles. The molecule has 0 bridgehead atoms. The number of nitro benzene ring substituents is 1. The van der Waals surface area contributed by atoms with Crippen LogP contribution in [0.3, 0.4) is 0 Å². The van der Waals surface area contributed by atoms with E-state index in [1.807, 2.05) is 31.2 Å². The summed E-state index contributed by atoms with van der Waals surface area (Å²) in [6.07, 6.45) is 1.36. The maximum absolute atomic E-state index is 12.0. The molecule has 6 nitrogen and oxygen atoms in total. The molecular formula is C21H16ClN3O3S. The Labute approximate surface area is 176 Å². The molecule has 0 fully saturated rings. The minimum absolute atomic E-state index is 0.0245. The fraction of sp³-hybridized carbons (Fsp3) is 0.0476. The van der Waals surface area contributed by atoms with Crippen molar-refractivity contribution in [3.8, 4) is 0 Å². The van der Waals surface area contributed by atoms with E-state index in [1.54, 1.807) is 36.4 Å². The smallest absolute Gasteiger partial charge is 0.267 e. The molecule has 1 N–H and O–H groups in total. The molecule has 8 heteroatoms. The van der Waals surface area contributed by atoms with Gasteiger partial charge in [-0.05, 0) is 49.4 Å². The first-order valence-electron chi connectivity index (χ1n) is 8.54. The molecule has 3 aromatic rings. The molecule has 29 heavy (non-hydrogen) atoms. The molecule has 0 aromatic heterocycles. The number of carbonyl (C=O) groups excluding carboxylic acids is 1. The third kappa shape index (κ3) is 5.66. The van der Waals surface area contributed by atoms with Gasteiger partial charge >= 0.3 is 0 Å². The molecule has 0 spiro atoms. The normalized spacial score (nSPS) is 10.8. The van der Waals surface area contributed by atoms with Crippen LogP contribution in [0.2, 0.25) is 5.02 Å². The van der Waals surface area contributed by atoms with E-state index in [0.717, 1.165) is 10.5 Å². The minimum Gasteiger partial charge on any atom is -0.267 e. The molecule has 0 heterocycles. The predicted octanol–water partition coefficient (Wildman–Crippen LogP) is 5.47. The fourth-order valence-electron chi connectivity index (χ4n) is 2.41. The van der Waals surface area contributed by atoms with Gasteiger partial charge in [0, 0.05) is 27.1 Å². The second-order valence-corrected chi connectivity index (χ2v) is 7.66. The number of nitrogens with zero attached hydrogens (tertiary/aromatic N) is 2. The number of halogens is 1. The molecule has 3 rings (SSSR count). The van der Waals surface area contributed by atoms with Crippen LogP contribution in [-0.2, 0) is 0 Å². The van der Waals surface area contributed by atoms with E-state index >= 15 is 0 Å². The summed E-state index contributed by atoms with van der Waals surface area (Å²) in [5.74, 6) is -0.404. The molecular weight excluding hydrogens is 410 g/mol. The van der Waals surface area contributed by atoms with Crippen molar-refractivity contribution in [2.24, 2.45) is 5.10 Å². The molecule has 0 unspecified atom stereocenters. The fourth-order valence-corrected chi connectivity index (χ4v) is 3.43. The number of carbonyl (C=O) groups is 1. The molecule has 146 valence electrons. The number of rotatable bonds is 6. The van der Waals surface area contributed by atoms with Crippen molar-refractivity contribution in [2.75, 3.05) is 0 Å². The zero-order chi connectivity index (χ0) is 20.8. The third-order valence-electron chi connectivity index (χ3n) is 3.91. The number of aryl methyl sites for hydroxylation is 1. The van der Waals surface area contributed by atoms with E-state index in [-0.39, 0.29) is 5.69 Å². The number of amides is 1. The van der Waals surface area contributed by atoms with Crippen LogP contribution in [0.15, 0.2) is 81.6 Å². The zero-order valence-corrected chi connectivity index (χ0v) is 16.9. The van der Waals surface area contributed by atoms with Crippen LogP contribution < -0.4 is 5.43 Å². The Kier molecular flexibility index (Phi) is 6.64. The Balaban J connectivity index is 1.73. The summed E-state index contributed by atoms with van der Waals surface area (Å²) < 4.78 is 0. The maximum atomic E-state index is 12.0. The van der Waals surface area contributed by atoms with E-state index < -0.39 is 10.8 Å². The van der Waals surface area contributed by atoms with Crippen LogP contribution in [0.25, 0.3) is 0 Å². The predicted molar refractivity (Wildman–Crippen MR) is 115 cm³/mol. The Morgan fingerprint density at radius 1 is 1.10 bits per heavy atom. The van der Waals surface area contributed by atoms with Gasteiger partial charge in [-0.25, -0.2) is 5.43 Å². The van der Waals surface area contributed by atoms with Crippen LogP contribution in [-0.4, -0.2) is 17.0 Å². The molecule has 0 aliphatic heterocycles. The Morgan fingerprint density at radius 2 is 1.79 bits per heavy atom. The van der Waals surface area contributed by atoms with Gasteiger partial charge in [0.1, 0.15) is 0 Å². The SMILES string of the molecule is Cc1ccc(Sc2ccc(/C=N/NC(=O)c3ccc(Cl)cc3)cc2[N+](=O)[O-])cc1. The monoisotopic (exact) mass is 425 g/mol. The van der Waals surface area contributed by atoms with E-state index in [1.165, 1.54) is 24.0 Å². The van der Waals surface area contributed by atoms with Crippen molar-refractivity contribution in [2.45, 2.75) is 16.7 Å². The van der Waals surface area contributed by atoms with Crippen LogP contribution in [0.5, 0.6) is 0 Å². The zero-order valence-electron chi connectivity index (χ0n) is 15.3. The Morgan fingerprint density at radius 3 is 2.45 bits per heavy atom. The van der Waals surface area contributed by atoms with Crippen molar-refractivity contribution >= 4 is 41.2 Å². The van der Waals surface area contributed by atoms with Crippen LogP contribution in [0, 0.1) is 17.0 Å². The van der Waals surface area contributed by atoms with Crippen molar-refractivity contribution < 1.29 is 9.72 Å². The minimum atomic E-state index is -0.430. The lowest BCUT2D eigenvalue weighted by Gasteiger charge is -2.05. The number of hydrazone groups is 1. The lowest BCUT2D eigenvalue weighted by molar-refractivity contribution is -0.387. The number of nitro groups is 1. The number of nitrogens with one attached hydrogen (secondary N) is 1. The Bertz CT molecular complexity index is 1070. The maximum Gasteiger partial charge on any atom is 0.283 e. The van der Waals surface area contributed by atoms with Gasteiger partial charge in [-0.1, -0.05) is 47.1 Å². The highest BCUT2D eigenvalue weighted by molar-refractivity contribution is 7.99. The van der Waals surface area contributed by atoms with Gasteiger partial charge in [-0.2, -0.15) is 5.10 Å². The van der Waals surface area contributed by atoms with E-state index in [0.29, 0.717) is 21.0 Å². The first kappa shape index (κ1) is 20.6. The van der Waals surface area contributed by atoms with Crippen molar-refractivity contribution in [3.05, 3.63) is 98.6 Å². The number of hydrogen-bond donors (Lipinski definition) is 1. The van der Waals surface area contributed by atoms with E-state index in [4.69, 9.17) is 11.6 Å². The second-order valence-electron chi connectivity index (χ2n) is 6.11. The van der Waals surface area contributed by atoms with Gasteiger partial charge < -0.3 is 0 Å². The van der Waals surface area contributed by atoms with Crippen molar-refractivity contribution in [1.29, 1.82) is 0 Å². The van der Waals surface area contributed by atoms with Gasteiger partial charge in [0.25, 0.3) is 11.6 Å². The number of benzene rings is 3. The summed E-state index contributed by atoms with van der Waals surface area (Å²) in [7, 11) is 0. The largest absolute Gasteiger partial charge is 0.283 e. The molecule has 0 atom stereocenters. The highest BCUT2D eigenvalue weighted by Gasteiger charge is 2.15. The molecule has 0 radical (unpaired) electrons. The summed E-state index contributed by atoms with van der Waals surface area (Å²) >= 11 is 7.11. The van der Waals surface area contributed by atoms with E-state index in [2.05, 4.69) is 10.5 Å². The quantitative estimate of drug-likeness (QED) is 0.322. The first-order chi connectivity index (χ1) is 13.9. The molecule has 0 aliphatic carbocycles. The van der Waals surface area contributed by atoms with E-state index in [9.17, 15) is 14.9 Å². The molecule has 0 saturated carbocycles. The van der Waals surface area contributed by atoms with Crippen LogP contribution >= 0.6 is 23.4 Å². The second kappa shape index (κ2) is 9.36. The molecule has 3 aromatic carbocycles. The summed E-state index contributed by atoms with van der Waals surface area (Å²) in [5, 5.41) is 15.9. The molecule has 0 aliphatic rings. The lowest BCUT2D eigenvalue weighted by atomic mass is 10.2. The standard InChI is InChI=1S/C21H16ClN3O3S/c1-14-2-9-18(10-3-14)29-20-11-4-15(12-19(20)25(27)28)13-23-24-21(26)16-5-7-17(22)8-6-16/h2-13H,1H3,(H,24,26)/b23-13+. The highest BCUT2D eigenvalue weighted by atomic mass is 35.5. The van der Waals surface area contributed by atoms with Crippen molar-refractivity contribution in [1.82, 2.24) is 5.43 Å². The van der Waals surface area contributed by atoms with Crippen LogP contribution in [0.4, 0.5) is 5.69 Å². The third-order valence-corrected chi connectivity index (χ3v) is 5.24. The van der Waals surface area contributed by atoms with Gasteiger partial charge in [0.2, 0.25) is 0 Å². The highest BCUT2D eigenvalue weighted by Crippen LogP contribution is 2.35. The first-order valence-corrected chi connectivity index (χ1v) is 9.74. The van der Waals surface area contributed by atoms with Gasteiger partial charge in [-0.3, -0.25) is 14.9 Å². The van der Waals surface area contributed by atoms with Gasteiger partial charge in [-0.15, -0.1) is 0 Å². The summed E-state index contributed by atoms with van der Waals surface area (Å²) in [4.78, 5) is 24.5. The van der Waals surface area contributed by atoms with Crippen LogP contribution in [0.1, 0.15) is 21.5 Å². The lowest BCUT2D eigenvalue weighted by Crippen LogP contribution is -2.17. The summed E-state index contributed by atoms with van der Waals surface area (Å²) in [5.41, 5.74) is 4.39. The molecule has 1 amide bonds.